The SMILES string of the molecule is Cc1cc(NC2CCN(C3CCCCC3O)CC2)nc(-c2cccnc2)n1. The molecule has 0 aromatic carbocycles. The van der Waals surface area contributed by atoms with Gasteiger partial charge in [-0.15, -0.1) is 0 Å². The molecule has 144 valence electrons. The lowest BCUT2D eigenvalue weighted by Gasteiger charge is -2.41. The van der Waals surface area contributed by atoms with E-state index < -0.39 is 0 Å². The maximum absolute atomic E-state index is 10.3. The Morgan fingerprint density at radius 1 is 1.11 bits per heavy atom. The highest BCUT2D eigenvalue weighted by atomic mass is 16.3. The van der Waals surface area contributed by atoms with Crippen molar-refractivity contribution in [3.8, 4) is 11.4 Å². The molecule has 4 rings (SSSR count). The van der Waals surface area contributed by atoms with Crippen LogP contribution < -0.4 is 5.32 Å². The molecule has 27 heavy (non-hydrogen) atoms. The Morgan fingerprint density at radius 2 is 1.93 bits per heavy atom. The van der Waals surface area contributed by atoms with E-state index in [1.807, 2.05) is 25.1 Å². The van der Waals surface area contributed by atoms with E-state index in [0.717, 1.165) is 55.8 Å². The number of rotatable bonds is 4. The van der Waals surface area contributed by atoms with Crippen LogP contribution >= 0.6 is 0 Å². The molecule has 2 fully saturated rings. The van der Waals surface area contributed by atoms with Crippen molar-refractivity contribution in [3.05, 3.63) is 36.3 Å². The second-order valence-electron chi connectivity index (χ2n) is 7.83. The molecule has 6 heteroatoms. The number of nitrogens with one attached hydrogen (secondary N) is 1. The largest absolute Gasteiger partial charge is 0.391 e. The molecule has 0 spiro atoms. The number of piperidine rings is 1. The molecule has 2 aliphatic rings. The zero-order valence-electron chi connectivity index (χ0n) is 16.0. The standard InChI is InChI=1S/C21H29N5O/c1-15-13-20(25-21(23-15)16-5-4-10-22-14-16)24-17-8-11-26(12-9-17)18-6-2-3-7-19(18)27/h4-5,10,13-14,17-19,27H,2-3,6-9,11-12H2,1H3,(H,23,24,25). The molecule has 0 radical (unpaired) electrons. The number of pyridine rings is 1. The summed E-state index contributed by atoms with van der Waals surface area (Å²) in [6.07, 6.45) is 10.1. The molecular weight excluding hydrogens is 338 g/mol. The van der Waals surface area contributed by atoms with Crippen LogP contribution in [0, 0.1) is 6.92 Å². The molecule has 0 amide bonds. The van der Waals surface area contributed by atoms with Crippen molar-refractivity contribution in [1.29, 1.82) is 0 Å². The maximum Gasteiger partial charge on any atom is 0.163 e. The Balaban J connectivity index is 1.38. The number of nitrogens with zero attached hydrogens (tertiary/aromatic N) is 4. The number of aliphatic hydroxyl groups is 1. The van der Waals surface area contributed by atoms with Gasteiger partial charge in [0.1, 0.15) is 5.82 Å². The summed E-state index contributed by atoms with van der Waals surface area (Å²) in [6.45, 7) is 4.08. The normalized spacial score (nSPS) is 24.7. The summed E-state index contributed by atoms with van der Waals surface area (Å²) in [5, 5.41) is 13.9. The van der Waals surface area contributed by atoms with Gasteiger partial charge < -0.3 is 10.4 Å². The van der Waals surface area contributed by atoms with Crippen molar-refractivity contribution in [2.24, 2.45) is 0 Å². The Morgan fingerprint density at radius 3 is 2.67 bits per heavy atom. The first-order valence-electron chi connectivity index (χ1n) is 10.1. The van der Waals surface area contributed by atoms with E-state index in [4.69, 9.17) is 4.98 Å². The van der Waals surface area contributed by atoms with Crippen molar-refractivity contribution in [3.63, 3.8) is 0 Å². The van der Waals surface area contributed by atoms with Crippen molar-refractivity contribution in [2.75, 3.05) is 18.4 Å². The van der Waals surface area contributed by atoms with E-state index in [1.54, 1.807) is 12.4 Å². The van der Waals surface area contributed by atoms with Gasteiger partial charge in [0.15, 0.2) is 5.82 Å². The number of aryl methyl sites for hydroxylation is 1. The third kappa shape index (κ3) is 4.45. The molecule has 2 atom stereocenters. The molecule has 2 N–H and O–H groups in total. The van der Waals surface area contributed by atoms with Crippen LogP contribution in [0.25, 0.3) is 11.4 Å². The van der Waals surface area contributed by atoms with Gasteiger partial charge in [0, 0.05) is 54.9 Å². The zero-order chi connectivity index (χ0) is 18.6. The summed E-state index contributed by atoms with van der Waals surface area (Å²) in [5.41, 5.74) is 1.89. The topological polar surface area (TPSA) is 74.2 Å². The smallest absolute Gasteiger partial charge is 0.163 e. The maximum atomic E-state index is 10.3. The third-order valence-corrected chi connectivity index (χ3v) is 5.82. The van der Waals surface area contributed by atoms with Gasteiger partial charge in [0.2, 0.25) is 0 Å². The van der Waals surface area contributed by atoms with Gasteiger partial charge in [-0.25, -0.2) is 9.97 Å². The van der Waals surface area contributed by atoms with Gasteiger partial charge in [-0.2, -0.15) is 0 Å². The fourth-order valence-electron chi connectivity index (χ4n) is 4.37. The number of aliphatic hydroxyl groups excluding tert-OH is 1. The van der Waals surface area contributed by atoms with E-state index in [1.165, 1.54) is 12.8 Å². The summed E-state index contributed by atoms with van der Waals surface area (Å²) in [5.74, 6) is 1.60. The predicted molar refractivity (Wildman–Crippen MR) is 106 cm³/mol. The third-order valence-electron chi connectivity index (χ3n) is 5.82. The minimum atomic E-state index is -0.144. The number of hydrogen-bond donors (Lipinski definition) is 2. The lowest BCUT2D eigenvalue weighted by molar-refractivity contribution is 0.00992. The van der Waals surface area contributed by atoms with E-state index in [9.17, 15) is 5.11 Å². The van der Waals surface area contributed by atoms with Crippen LogP contribution in [0.1, 0.15) is 44.2 Å². The average molecular weight is 367 g/mol. The molecule has 2 aromatic rings. The van der Waals surface area contributed by atoms with E-state index in [0.29, 0.717) is 17.9 Å². The number of likely N-dealkylation sites (tertiary alicyclic amines) is 1. The Labute approximate surface area is 161 Å². The monoisotopic (exact) mass is 367 g/mol. The van der Waals surface area contributed by atoms with Crippen LogP contribution in [0.4, 0.5) is 5.82 Å². The Kier molecular flexibility index (Phi) is 5.64. The van der Waals surface area contributed by atoms with E-state index >= 15 is 0 Å². The first-order chi connectivity index (χ1) is 13.2. The number of aromatic nitrogens is 3. The highest BCUT2D eigenvalue weighted by molar-refractivity contribution is 5.56. The second-order valence-corrected chi connectivity index (χ2v) is 7.83. The minimum Gasteiger partial charge on any atom is -0.391 e. The summed E-state index contributed by atoms with van der Waals surface area (Å²) in [6, 6.07) is 6.68. The summed E-state index contributed by atoms with van der Waals surface area (Å²) in [7, 11) is 0. The van der Waals surface area contributed by atoms with Crippen molar-refractivity contribution in [2.45, 2.75) is 63.6 Å². The zero-order valence-corrected chi connectivity index (χ0v) is 16.0. The van der Waals surface area contributed by atoms with Crippen LogP contribution in [0.3, 0.4) is 0 Å². The summed E-state index contributed by atoms with van der Waals surface area (Å²) >= 11 is 0. The molecular formula is C21H29N5O. The molecule has 3 heterocycles. The summed E-state index contributed by atoms with van der Waals surface area (Å²) < 4.78 is 0. The number of anilines is 1. The highest BCUT2D eigenvalue weighted by Gasteiger charge is 2.31. The molecule has 2 unspecified atom stereocenters. The fraction of sp³-hybridized carbons (Fsp3) is 0.571. The molecule has 1 saturated heterocycles. The molecule has 1 aliphatic heterocycles. The lowest BCUT2D eigenvalue weighted by atomic mass is 9.89. The van der Waals surface area contributed by atoms with Crippen molar-refractivity contribution < 1.29 is 5.11 Å². The van der Waals surface area contributed by atoms with Crippen LogP contribution in [-0.2, 0) is 0 Å². The van der Waals surface area contributed by atoms with Crippen LogP contribution in [-0.4, -0.2) is 56.2 Å². The molecule has 6 nitrogen and oxygen atoms in total. The van der Waals surface area contributed by atoms with Crippen molar-refractivity contribution >= 4 is 5.82 Å². The van der Waals surface area contributed by atoms with Crippen LogP contribution in [0.15, 0.2) is 30.6 Å². The summed E-state index contributed by atoms with van der Waals surface area (Å²) in [4.78, 5) is 15.9. The Bertz CT molecular complexity index is 745. The fourth-order valence-corrected chi connectivity index (χ4v) is 4.37. The van der Waals surface area contributed by atoms with Gasteiger partial charge in [0.25, 0.3) is 0 Å². The van der Waals surface area contributed by atoms with Crippen molar-refractivity contribution in [1.82, 2.24) is 19.9 Å². The van der Waals surface area contributed by atoms with Gasteiger partial charge in [-0.05, 0) is 44.7 Å². The van der Waals surface area contributed by atoms with E-state index in [-0.39, 0.29) is 6.10 Å². The van der Waals surface area contributed by atoms with Gasteiger partial charge in [0.05, 0.1) is 6.10 Å². The molecule has 1 saturated carbocycles. The van der Waals surface area contributed by atoms with Gasteiger partial charge >= 0.3 is 0 Å². The Hall–Kier alpha value is -2.05. The number of hydrogen-bond acceptors (Lipinski definition) is 6. The predicted octanol–water partition coefficient (Wildman–Crippen LogP) is 3.03. The van der Waals surface area contributed by atoms with E-state index in [2.05, 4.69) is 20.2 Å². The highest BCUT2D eigenvalue weighted by Crippen LogP contribution is 2.27. The molecule has 0 bridgehead atoms. The van der Waals surface area contributed by atoms with Crippen LogP contribution in [0.5, 0.6) is 0 Å². The average Bonchev–Trinajstić information content (AvgIpc) is 2.69. The van der Waals surface area contributed by atoms with Gasteiger partial charge in [-0.3, -0.25) is 9.88 Å². The first-order valence-corrected chi connectivity index (χ1v) is 10.1. The lowest BCUT2D eigenvalue weighted by Crippen LogP contribution is -2.50. The molecule has 2 aromatic heterocycles. The van der Waals surface area contributed by atoms with Gasteiger partial charge in [-0.1, -0.05) is 12.8 Å². The second kappa shape index (κ2) is 8.31. The quantitative estimate of drug-likeness (QED) is 0.865. The minimum absolute atomic E-state index is 0.144. The molecule has 1 aliphatic carbocycles. The van der Waals surface area contributed by atoms with Crippen LogP contribution in [0.2, 0.25) is 0 Å². The first kappa shape index (κ1) is 18.3.